The van der Waals surface area contributed by atoms with E-state index in [4.69, 9.17) is 25.8 Å². The Balaban J connectivity index is 1.35. The average Bonchev–Trinajstić information content (AvgIpc) is 3.12. The molecule has 0 radical (unpaired) electrons. The Morgan fingerprint density at radius 1 is 1.00 bits per heavy atom. The van der Waals surface area contributed by atoms with Gasteiger partial charge in [0, 0.05) is 54.8 Å². The number of nitrogens with one attached hydrogen (secondary N) is 1. The molecule has 2 heterocycles. The number of ether oxygens (including phenoxy) is 3. The molecule has 10 nitrogen and oxygen atoms in total. The van der Waals surface area contributed by atoms with Gasteiger partial charge in [0.05, 0.1) is 43.1 Å². The van der Waals surface area contributed by atoms with E-state index in [1.54, 1.807) is 24.4 Å². The lowest BCUT2D eigenvalue weighted by atomic mass is 9.92. The van der Waals surface area contributed by atoms with E-state index in [1.807, 2.05) is 49.1 Å². The van der Waals surface area contributed by atoms with Crippen molar-refractivity contribution in [1.29, 1.82) is 5.26 Å². The standard InChI is InChI=1S/C37H39ClN4O6/c1-24-12-28(37(45)42-8-10-46-11-9-42)6-7-32(24)33-5-3-4-29(25(33)2)23-48-36-15-35(47-22-27-13-26(16-39)17-40-18-27)30(14-34(36)38)19-41-31(20-43)21-44/h3-7,12-15,17-18,31,41,43-44H,8-11,19-23H2,1-2H3. The molecule has 0 atom stereocenters. The Morgan fingerprint density at radius 2 is 1.77 bits per heavy atom. The molecule has 1 aliphatic heterocycles. The number of rotatable bonds is 13. The lowest BCUT2D eigenvalue weighted by Gasteiger charge is -2.27. The zero-order valence-electron chi connectivity index (χ0n) is 27.0. The molecular weight excluding hydrogens is 632 g/mol. The SMILES string of the molecule is Cc1cc(C(=O)N2CCOCC2)ccc1-c1cccc(COc2cc(OCc3cncc(C#N)c3)c(CNC(CO)CO)cc2Cl)c1C. The van der Waals surface area contributed by atoms with E-state index in [1.165, 1.54) is 6.20 Å². The Labute approximate surface area is 285 Å². The summed E-state index contributed by atoms with van der Waals surface area (Å²) in [5, 5.41) is 31.7. The van der Waals surface area contributed by atoms with Crippen LogP contribution < -0.4 is 14.8 Å². The number of morpholine rings is 1. The Morgan fingerprint density at radius 3 is 2.50 bits per heavy atom. The van der Waals surface area contributed by atoms with Crippen LogP contribution in [0.1, 0.15) is 43.7 Å². The fourth-order valence-electron chi connectivity index (χ4n) is 5.52. The second-order valence-corrected chi connectivity index (χ2v) is 12.0. The summed E-state index contributed by atoms with van der Waals surface area (Å²) in [6.45, 7) is 6.58. The van der Waals surface area contributed by atoms with Gasteiger partial charge in [-0.25, -0.2) is 0 Å². The van der Waals surface area contributed by atoms with Crippen LogP contribution in [0.5, 0.6) is 11.5 Å². The fourth-order valence-corrected chi connectivity index (χ4v) is 5.76. The van der Waals surface area contributed by atoms with Crippen LogP contribution in [-0.2, 0) is 24.5 Å². The van der Waals surface area contributed by atoms with Gasteiger partial charge in [0.2, 0.25) is 0 Å². The van der Waals surface area contributed by atoms with Crippen LogP contribution in [0.3, 0.4) is 0 Å². The minimum absolute atomic E-state index is 0.0165. The molecule has 0 bridgehead atoms. The molecule has 0 aliphatic carbocycles. The third-order valence-electron chi connectivity index (χ3n) is 8.35. The zero-order valence-corrected chi connectivity index (χ0v) is 27.8. The molecule has 3 N–H and O–H groups in total. The lowest BCUT2D eigenvalue weighted by Crippen LogP contribution is -2.40. The minimum atomic E-state index is -0.510. The van der Waals surface area contributed by atoms with Crippen molar-refractivity contribution >= 4 is 17.5 Å². The van der Waals surface area contributed by atoms with Crippen LogP contribution in [0.25, 0.3) is 11.1 Å². The third kappa shape index (κ3) is 8.50. The number of halogens is 1. The van der Waals surface area contributed by atoms with E-state index in [0.29, 0.717) is 59.5 Å². The van der Waals surface area contributed by atoms with E-state index in [2.05, 4.69) is 22.4 Å². The van der Waals surface area contributed by atoms with Gasteiger partial charge in [-0.15, -0.1) is 0 Å². The first-order valence-electron chi connectivity index (χ1n) is 15.7. The first kappa shape index (κ1) is 34.8. The van der Waals surface area contributed by atoms with E-state index in [0.717, 1.165) is 33.4 Å². The molecule has 0 saturated carbocycles. The third-order valence-corrected chi connectivity index (χ3v) is 8.64. The molecule has 48 heavy (non-hydrogen) atoms. The number of nitrogens with zero attached hydrogens (tertiary/aromatic N) is 3. The second-order valence-electron chi connectivity index (χ2n) is 11.6. The maximum atomic E-state index is 13.0. The molecule has 5 rings (SSSR count). The Kier molecular flexibility index (Phi) is 12.0. The van der Waals surface area contributed by atoms with E-state index < -0.39 is 6.04 Å². The molecule has 1 aliphatic rings. The number of aromatic nitrogens is 1. The maximum absolute atomic E-state index is 13.0. The van der Waals surface area contributed by atoms with Crippen molar-refractivity contribution in [3.05, 3.63) is 111 Å². The summed E-state index contributed by atoms with van der Waals surface area (Å²) in [5.74, 6) is 0.932. The van der Waals surface area contributed by atoms with E-state index in [-0.39, 0.29) is 38.9 Å². The molecule has 4 aromatic rings. The Bertz CT molecular complexity index is 1780. The molecule has 250 valence electrons. The van der Waals surface area contributed by atoms with Crippen LogP contribution in [0.2, 0.25) is 5.02 Å². The second kappa shape index (κ2) is 16.6. The van der Waals surface area contributed by atoms with Crippen LogP contribution in [0.15, 0.2) is 67.0 Å². The van der Waals surface area contributed by atoms with Gasteiger partial charge < -0.3 is 34.6 Å². The summed E-state index contributed by atoms with van der Waals surface area (Å²) < 4.78 is 17.8. The number of carbonyl (C=O) groups is 1. The summed E-state index contributed by atoms with van der Waals surface area (Å²) in [5.41, 5.74) is 7.62. The summed E-state index contributed by atoms with van der Waals surface area (Å²) in [6, 6.07) is 18.6. The molecule has 0 spiro atoms. The molecule has 1 saturated heterocycles. The highest BCUT2D eigenvalue weighted by molar-refractivity contribution is 6.32. The number of pyridine rings is 1. The number of benzene rings is 3. The molecular formula is C37H39ClN4O6. The summed E-state index contributed by atoms with van der Waals surface area (Å²) in [7, 11) is 0. The number of nitriles is 1. The number of hydrogen-bond donors (Lipinski definition) is 3. The zero-order chi connectivity index (χ0) is 34.0. The van der Waals surface area contributed by atoms with Gasteiger partial charge in [-0.2, -0.15) is 5.26 Å². The molecule has 1 amide bonds. The van der Waals surface area contributed by atoms with E-state index in [9.17, 15) is 20.3 Å². The van der Waals surface area contributed by atoms with Gasteiger partial charge >= 0.3 is 0 Å². The van der Waals surface area contributed by atoms with Crippen molar-refractivity contribution in [1.82, 2.24) is 15.2 Å². The highest BCUT2D eigenvalue weighted by atomic mass is 35.5. The van der Waals surface area contributed by atoms with Crippen LogP contribution in [0.4, 0.5) is 0 Å². The Hall–Kier alpha value is -4.50. The van der Waals surface area contributed by atoms with Crippen LogP contribution in [-0.4, -0.2) is 71.6 Å². The molecule has 11 heteroatoms. The number of aliphatic hydroxyl groups excluding tert-OH is 2. The predicted octanol–water partition coefficient (Wildman–Crippen LogP) is 4.96. The maximum Gasteiger partial charge on any atom is 0.254 e. The smallest absolute Gasteiger partial charge is 0.254 e. The highest BCUT2D eigenvalue weighted by Gasteiger charge is 2.20. The van der Waals surface area contributed by atoms with Crippen molar-refractivity contribution in [3.63, 3.8) is 0 Å². The van der Waals surface area contributed by atoms with Gasteiger partial charge in [0.25, 0.3) is 5.91 Å². The quantitative estimate of drug-likeness (QED) is 0.180. The number of amides is 1. The van der Waals surface area contributed by atoms with Gasteiger partial charge in [0.15, 0.2) is 0 Å². The van der Waals surface area contributed by atoms with Crippen molar-refractivity contribution in [2.24, 2.45) is 0 Å². The number of aryl methyl sites for hydroxylation is 1. The predicted molar refractivity (Wildman–Crippen MR) is 182 cm³/mol. The van der Waals surface area contributed by atoms with Gasteiger partial charge in [-0.3, -0.25) is 9.78 Å². The summed E-state index contributed by atoms with van der Waals surface area (Å²) >= 11 is 6.70. The number of hydrogen-bond acceptors (Lipinski definition) is 9. The van der Waals surface area contributed by atoms with Gasteiger partial charge in [0.1, 0.15) is 30.8 Å². The highest BCUT2D eigenvalue weighted by Crippen LogP contribution is 2.35. The van der Waals surface area contributed by atoms with Crippen LogP contribution in [0, 0.1) is 25.2 Å². The van der Waals surface area contributed by atoms with E-state index >= 15 is 0 Å². The topological polar surface area (TPSA) is 137 Å². The molecule has 3 aromatic carbocycles. The van der Waals surface area contributed by atoms with Crippen molar-refractivity contribution in [2.75, 3.05) is 39.5 Å². The summed E-state index contributed by atoms with van der Waals surface area (Å²) in [4.78, 5) is 19.0. The van der Waals surface area contributed by atoms with Crippen molar-refractivity contribution in [2.45, 2.75) is 39.6 Å². The monoisotopic (exact) mass is 670 g/mol. The lowest BCUT2D eigenvalue weighted by molar-refractivity contribution is 0.0303. The van der Waals surface area contributed by atoms with Crippen molar-refractivity contribution in [3.8, 4) is 28.7 Å². The largest absolute Gasteiger partial charge is 0.488 e. The number of aliphatic hydroxyl groups is 2. The molecule has 1 aromatic heterocycles. The fraction of sp³-hybridized carbons (Fsp3) is 0.324. The minimum Gasteiger partial charge on any atom is -0.488 e. The molecule has 0 unspecified atom stereocenters. The van der Waals surface area contributed by atoms with Gasteiger partial charge in [-0.05, 0) is 65.9 Å². The molecule has 1 fully saturated rings. The van der Waals surface area contributed by atoms with Gasteiger partial charge in [-0.1, -0.05) is 35.9 Å². The first-order chi connectivity index (χ1) is 23.3. The first-order valence-corrected chi connectivity index (χ1v) is 16.1. The summed E-state index contributed by atoms with van der Waals surface area (Å²) in [6.07, 6.45) is 3.12. The normalized spacial score (nSPS) is 13.0. The number of carbonyl (C=O) groups excluding carboxylic acids is 1. The van der Waals surface area contributed by atoms with Crippen molar-refractivity contribution < 1.29 is 29.2 Å². The van der Waals surface area contributed by atoms with Crippen LogP contribution >= 0.6 is 11.6 Å². The average molecular weight is 671 g/mol.